The van der Waals surface area contributed by atoms with Gasteiger partial charge < -0.3 is 4.79 Å². The van der Waals surface area contributed by atoms with Gasteiger partial charge in [0, 0.05) is 13.1 Å². The minimum Gasteiger partial charge on any atom is -0.302 e. The highest BCUT2D eigenvalue weighted by Gasteiger charge is 2.49. The van der Waals surface area contributed by atoms with Gasteiger partial charge in [-0.2, -0.15) is 0 Å². The standard InChI is InChI=1S/C11H19NO3S/c13-10-11(6-2-3-7-11)16(14,15)12-8-4-1-5-9-12/h10H,1-9H2. The lowest BCUT2D eigenvalue weighted by atomic mass is 10.1. The zero-order valence-electron chi connectivity index (χ0n) is 9.52. The third-order valence-electron chi connectivity index (χ3n) is 3.83. The molecule has 0 aromatic heterocycles. The molecular formula is C11H19NO3S. The Hall–Kier alpha value is -0.420. The summed E-state index contributed by atoms with van der Waals surface area (Å²) in [6.07, 6.45) is 6.36. The first-order valence-corrected chi connectivity index (χ1v) is 7.52. The van der Waals surface area contributed by atoms with Crippen LogP contribution in [0.25, 0.3) is 0 Å². The number of hydrogen-bond acceptors (Lipinski definition) is 3. The van der Waals surface area contributed by atoms with Crippen molar-refractivity contribution < 1.29 is 13.2 Å². The second-order valence-electron chi connectivity index (χ2n) is 4.85. The van der Waals surface area contributed by atoms with Crippen molar-refractivity contribution in [3.05, 3.63) is 0 Å². The minimum absolute atomic E-state index is 0.509. The van der Waals surface area contributed by atoms with Crippen molar-refractivity contribution in [3.63, 3.8) is 0 Å². The first-order chi connectivity index (χ1) is 7.62. The third-order valence-corrected chi connectivity index (χ3v) is 6.41. The van der Waals surface area contributed by atoms with E-state index >= 15 is 0 Å². The predicted molar refractivity (Wildman–Crippen MR) is 61.6 cm³/mol. The van der Waals surface area contributed by atoms with Gasteiger partial charge in [0.15, 0.2) is 0 Å². The van der Waals surface area contributed by atoms with Gasteiger partial charge in [0.2, 0.25) is 10.0 Å². The SMILES string of the molecule is O=CC1(S(=O)(=O)N2CCCCC2)CCCC1. The summed E-state index contributed by atoms with van der Waals surface area (Å²) >= 11 is 0. The number of nitrogens with zero attached hydrogens (tertiary/aromatic N) is 1. The van der Waals surface area contributed by atoms with Gasteiger partial charge in [-0.15, -0.1) is 0 Å². The zero-order chi connectivity index (χ0) is 11.6. The summed E-state index contributed by atoms with van der Waals surface area (Å²) < 4.78 is 25.3. The fourth-order valence-electron chi connectivity index (χ4n) is 2.77. The highest BCUT2D eigenvalue weighted by molar-refractivity contribution is 7.91. The Morgan fingerprint density at radius 1 is 0.938 bits per heavy atom. The van der Waals surface area contributed by atoms with Crippen molar-refractivity contribution in [2.24, 2.45) is 0 Å². The Morgan fingerprint density at radius 2 is 1.50 bits per heavy atom. The molecule has 2 aliphatic rings. The molecule has 1 aliphatic heterocycles. The minimum atomic E-state index is -3.41. The molecule has 2 fully saturated rings. The van der Waals surface area contributed by atoms with E-state index in [1.165, 1.54) is 4.31 Å². The van der Waals surface area contributed by atoms with E-state index in [0.29, 0.717) is 32.2 Å². The summed E-state index contributed by atoms with van der Waals surface area (Å²) in [5.41, 5.74) is 0. The van der Waals surface area contributed by atoms with Gasteiger partial charge >= 0.3 is 0 Å². The van der Waals surface area contributed by atoms with Crippen molar-refractivity contribution in [3.8, 4) is 0 Å². The van der Waals surface area contributed by atoms with Crippen LogP contribution in [0.3, 0.4) is 0 Å². The molecule has 0 radical (unpaired) electrons. The Morgan fingerprint density at radius 3 is 2.00 bits per heavy atom. The molecular weight excluding hydrogens is 226 g/mol. The van der Waals surface area contributed by atoms with E-state index < -0.39 is 14.8 Å². The van der Waals surface area contributed by atoms with E-state index in [-0.39, 0.29) is 0 Å². The third kappa shape index (κ3) is 1.80. The van der Waals surface area contributed by atoms with Crippen LogP contribution in [0.2, 0.25) is 0 Å². The van der Waals surface area contributed by atoms with Gasteiger partial charge in [-0.3, -0.25) is 0 Å². The second-order valence-corrected chi connectivity index (χ2v) is 7.13. The van der Waals surface area contributed by atoms with Crippen LogP contribution in [0.1, 0.15) is 44.9 Å². The molecule has 92 valence electrons. The van der Waals surface area contributed by atoms with Crippen molar-refractivity contribution >= 4 is 16.3 Å². The topological polar surface area (TPSA) is 54.5 Å². The van der Waals surface area contributed by atoms with Crippen LogP contribution in [0, 0.1) is 0 Å². The number of hydrogen-bond donors (Lipinski definition) is 0. The lowest BCUT2D eigenvalue weighted by Gasteiger charge is -2.33. The smallest absolute Gasteiger partial charge is 0.226 e. The molecule has 0 atom stereocenters. The summed E-state index contributed by atoms with van der Waals surface area (Å²) in [6, 6.07) is 0. The van der Waals surface area contributed by atoms with E-state index in [0.717, 1.165) is 32.1 Å². The maximum absolute atomic E-state index is 12.4. The highest BCUT2D eigenvalue weighted by atomic mass is 32.2. The fourth-order valence-corrected chi connectivity index (χ4v) is 4.95. The molecule has 0 unspecified atom stereocenters. The molecule has 0 aromatic carbocycles. The van der Waals surface area contributed by atoms with Crippen molar-refractivity contribution in [1.82, 2.24) is 4.31 Å². The number of carbonyl (C=O) groups excluding carboxylic acids is 1. The van der Waals surface area contributed by atoms with Crippen LogP contribution in [0.5, 0.6) is 0 Å². The van der Waals surface area contributed by atoms with Gasteiger partial charge in [0.1, 0.15) is 11.0 Å². The fraction of sp³-hybridized carbons (Fsp3) is 0.909. The number of piperidine rings is 1. The molecule has 2 rings (SSSR count). The largest absolute Gasteiger partial charge is 0.302 e. The average molecular weight is 245 g/mol. The molecule has 0 spiro atoms. The monoisotopic (exact) mass is 245 g/mol. The van der Waals surface area contributed by atoms with Crippen molar-refractivity contribution in [2.45, 2.75) is 49.7 Å². The van der Waals surface area contributed by atoms with E-state index in [2.05, 4.69) is 0 Å². The summed E-state index contributed by atoms with van der Waals surface area (Å²) in [5.74, 6) is 0. The zero-order valence-corrected chi connectivity index (χ0v) is 10.3. The molecule has 0 N–H and O–H groups in total. The molecule has 16 heavy (non-hydrogen) atoms. The number of sulfonamides is 1. The van der Waals surface area contributed by atoms with Gasteiger partial charge in [-0.05, 0) is 25.7 Å². The lowest BCUT2D eigenvalue weighted by molar-refractivity contribution is -0.110. The normalized spacial score (nSPS) is 26.8. The Balaban J connectivity index is 2.25. The van der Waals surface area contributed by atoms with Crippen LogP contribution >= 0.6 is 0 Å². The lowest BCUT2D eigenvalue weighted by Crippen LogP contribution is -2.49. The molecule has 1 saturated carbocycles. The Labute approximate surface area is 97.1 Å². The molecule has 1 aliphatic carbocycles. The van der Waals surface area contributed by atoms with Crippen LogP contribution in [0.4, 0.5) is 0 Å². The summed E-state index contributed by atoms with van der Waals surface area (Å²) in [7, 11) is -3.41. The van der Waals surface area contributed by atoms with Gasteiger partial charge in [-0.1, -0.05) is 19.3 Å². The van der Waals surface area contributed by atoms with Crippen molar-refractivity contribution in [1.29, 1.82) is 0 Å². The quantitative estimate of drug-likeness (QED) is 0.705. The maximum Gasteiger partial charge on any atom is 0.226 e. The first kappa shape index (κ1) is 12.0. The second kappa shape index (κ2) is 4.45. The van der Waals surface area contributed by atoms with E-state index in [1.807, 2.05) is 0 Å². The van der Waals surface area contributed by atoms with Gasteiger partial charge in [0.05, 0.1) is 0 Å². The molecule has 1 heterocycles. The molecule has 4 nitrogen and oxygen atoms in total. The van der Waals surface area contributed by atoms with E-state index in [1.54, 1.807) is 0 Å². The number of rotatable bonds is 3. The maximum atomic E-state index is 12.4. The van der Waals surface area contributed by atoms with Crippen LogP contribution in [-0.2, 0) is 14.8 Å². The summed E-state index contributed by atoms with van der Waals surface area (Å²) in [4.78, 5) is 11.2. The highest BCUT2D eigenvalue weighted by Crippen LogP contribution is 2.37. The molecule has 1 saturated heterocycles. The van der Waals surface area contributed by atoms with Crippen LogP contribution in [0.15, 0.2) is 0 Å². The molecule has 0 bridgehead atoms. The molecule has 0 aromatic rings. The molecule has 0 amide bonds. The van der Waals surface area contributed by atoms with Gasteiger partial charge in [-0.25, -0.2) is 12.7 Å². The predicted octanol–water partition coefficient (Wildman–Crippen LogP) is 1.31. The van der Waals surface area contributed by atoms with Crippen LogP contribution in [-0.4, -0.2) is 36.8 Å². The number of aldehydes is 1. The van der Waals surface area contributed by atoms with E-state index in [9.17, 15) is 13.2 Å². The van der Waals surface area contributed by atoms with E-state index in [4.69, 9.17) is 0 Å². The summed E-state index contributed by atoms with van der Waals surface area (Å²) in [6.45, 7) is 1.19. The summed E-state index contributed by atoms with van der Waals surface area (Å²) in [5, 5.41) is 0. The van der Waals surface area contributed by atoms with Gasteiger partial charge in [0.25, 0.3) is 0 Å². The van der Waals surface area contributed by atoms with Crippen molar-refractivity contribution in [2.75, 3.05) is 13.1 Å². The van der Waals surface area contributed by atoms with Crippen LogP contribution < -0.4 is 0 Å². The Kier molecular flexibility index (Phi) is 3.35. The average Bonchev–Trinajstić information content (AvgIpc) is 2.80. The Bertz CT molecular complexity index is 351. The first-order valence-electron chi connectivity index (χ1n) is 6.08. The molecule has 5 heteroatoms. The number of carbonyl (C=O) groups is 1.